The number of hydrogen-bond donors (Lipinski definition) is 2. The normalized spacial score (nSPS) is 16.3. The van der Waals surface area contributed by atoms with Gasteiger partial charge in [0.15, 0.2) is 0 Å². The lowest BCUT2D eigenvalue weighted by Crippen LogP contribution is -2.49. The topological polar surface area (TPSA) is 86.7 Å². The quantitative estimate of drug-likeness (QED) is 0.746. The molecule has 0 aliphatic carbocycles. The summed E-state index contributed by atoms with van der Waals surface area (Å²) in [6.45, 7) is 4.26. The molecule has 0 aromatic heterocycles. The van der Waals surface area contributed by atoms with Crippen LogP contribution in [-0.2, 0) is 14.4 Å². The van der Waals surface area contributed by atoms with Crippen LogP contribution in [0, 0.1) is 0 Å². The first kappa shape index (κ1) is 15.5. The Morgan fingerprint density at radius 1 is 1.37 bits per heavy atom. The highest BCUT2D eigenvalue weighted by molar-refractivity contribution is 5.85. The van der Waals surface area contributed by atoms with Crippen LogP contribution in [0.25, 0.3) is 0 Å². The molecular formula is C13H22N2O4. The fraction of sp³-hybridized carbons (Fsp3) is 0.769. The van der Waals surface area contributed by atoms with E-state index in [1.54, 1.807) is 18.7 Å². The van der Waals surface area contributed by atoms with E-state index in [1.807, 2.05) is 0 Å². The summed E-state index contributed by atoms with van der Waals surface area (Å²) in [5.74, 6) is -1.09. The molecule has 2 N–H and O–H groups in total. The van der Waals surface area contributed by atoms with Crippen LogP contribution >= 0.6 is 0 Å². The van der Waals surface area contributed by atoms with Crippen LogP contribution in [0.1, 0.15) is 46.0 Å². The molecule has 1 aliphatic heterocycles. The van der Waals surface area contributed by atoms with Crippen molar-refractivity contribution in [2.45, 2.75) is 51.5 Å². The Bertz CT molecular complexity index is 366. The third-order valence-corrected chi connectivity index (χ3v) is 3.20. The maximum absolute atomic E-state index is 11.9. The van der Waals surface area contributed by atoms with E-state index in [9.17, 15) is 14.4 Å². The average Bonchev–Trinajstić information content (AvgIpc) is 2.29. The molecule has 0 aromatic carbocycles. The summed E-state index contributed by atoms with van der Waals surface area (Å²) in [6, 6.07) is 0. The second kappa shape index (κ2) is 6.54. The number of carboxylic acid groups (broad SMARTS) is 1. The Kier molecular flexibility index (Phi) is 5.32. The van der Waals surface area contributed by atoms with Crippen molar-refractivity contribution in [3.63, 3.8) is 0 Å². The van der Waals surface area contributed by atoms with Gasteiger partial charge in [-0.15, -0.1) is 0 Å². The smallest absolute Gasteiger partial charge is 0.303 e. The summed E-state index contributed by atoms with van der Waals surface area (Å²) < 4.78 is 0. The third-order valence-electron chi connectivity index (χ3n) is 3.20. The molecule has 1 rings (SSSR count). The van der Waals surface area contributed by atoms with Crippen LogP contribution < -0.4 is 5.32 Å². The second-order valence-electron chi connectivity index (χ2n) is 5.60. The molecule has 0 radical (unpaired) electrons. The fourth-order valence-electron chi connectivity index (χ4n) is 2.10. The zero-order valence-corrected chi connectivity index (χ0v) is 11.6. The predicted octanol–water partition coefficient (Wildman–Crippen LogP) is 0.758. The SMILES string of the molecule is CC(C)(CCC(=O)O)NC(=O)CN1CCCCC1=O. The summed E-state index contributed by atoms with van der Waals surface area (Å²) in [6.07, 6.45) is 2.70. The van der Waals surface area contributed by atoms with Gasteiger partial charge >= 0.3 is 5.97 Å². The predicted molar refractivity (Wildman–Crippen MR) is 69.5 cm³/mol. The number of rotatable bonds is 6. The van der Waals surface area contributed by atoms with E-state index in [1.165, 1.54) is 0 Å². The average molecular weight is 270 g/mol. The third kappa shape index (κ3) is 5.72. The Balaban J connectivity index is 2.40. The number of piperidine rings is 1. The molecule has 1 aliphatic rings. The standard InChI is InChI=1S/C13H22N2O4/c1-13(2,7-6-12(18)19)14-10(16)9-15-8-4-3-5-11(15)17/h3-9H2,1-2H3,(H,14,16)(H,18,19). The summed E-state index contributed by atoms with van der Waals surface area (Å²) in [4.78, 5) is 35.5. The van der Waals surface area contributed by atoms with E-state index < -0.39 is 11.5 Å². The van der Waals surface area contributed by atoms with Crippen LogP contribution in [0.4, 0.5) is 0 Å². The molecule has 0 atom stereocenters. The van der Waals surface area contributed by atoms with Gasteiger partial charge in [0.25, 0.3) is 0 Å². The van der Waals surface area contributed by atoms with Gasteiger partial charge in [0, 0.05) is 24.9 Å². The van der Waals surface area contributed by atoms with E-state index in [-0.39, 0.29) is 24.8 Å². The first-order valence-corrected chi connectivity index (χ1v) is 6.61. The molecule has 108 valence electrons. The van der Waals surface area contributed by atoms with E-state index in [2.05, 4.69) is 5.32 Å². The Labute approximate surface area is 113 Å². The van der Waals surface area contributed by atoms with Gasteiger partial charge in [0.05, 0.1) is 6.54 Å². The Hall–Kier alpha value is -1.59. The number of carbonyl (C=O) groups is 3. The molecule has 0 aromatic rings. The highest BCUT2D eigenvalue weighted by atomic mass is 16.4. The zero-order chi connectivity index (χ0) is 14.5. The Morgan fingerprint density at radius 3 is 2.63 bits per heavy atom. The summed E-state index contributed by atoms with van der Waals surface area (Å²) >= 11 is 0. The fourth-order valence-corrected chi connectivity index (χ4v) is 2.10. The molecule has 19 heavy (non-hydrogen) atoms. The minimum atomic E-state index is -0.881. The Morgan fingerprint density at radius 2 is 2.05 bits per heavy atom. The number of hydrogen-bond acceptors (Lipinski definition) is 3. The number of amides is 2. The van der Waals surface area contributed by atoms with Crippen molar-refractivity contribution in [1.29, 1.82) is 0 Å². The molecular weight excluding hydrogens is 248 g/mol. The number of carboxylic acids is 1. The summed E-state index contributed by atoms with van der Waals surface area (Å²) in [5, 5.41) is 11.4. The van der Waals surface area contributed by atoms with Crippen molar-refractivity contribution < 1.29 is 19.5 Å². The molecule has 6 heteroatoms. The number of likely N-dealkylation sites (tertiary alicyclic amines) is 1. The van der Waals surface area contributed by atoms with E-state index in [4.69, 9.17) is 5.11 Å². The van der Waals surface area contributed by atoms with Gasteiger partial charge in [-0.25, -0.2) is 0 Å². The van der Waals surface area contributed by atoms with Crippen LogP contribution in [-0.4, -0.2) is 46.4 Å². The van der Waals surface area contributed by atoms with Crippen molar-refractivity contribution in [2.24, 2.45) is 0 Å². The van der Waals surface area contributed by atoms with Crippen molar-refractivity contribution in [3.05, 3.63) is 0 Å². The molecule has 1 saturated heterocycles. The maximum Gasteiger partial charge on any atom is 0.303 e. The lowest BCUT2D eigenvalue weighted by Gasteiger charge is -2.30. The monoisotopic (exact) mass is 270 g/mol. The van der Waals surface area contributed by atoms with Crippen LogP contribution in [0.15, 0.2) is 0 Å². The highest BCUT2D eigenvalue weighted by Crippen LogP contribution is 2.13. The molecule has 0 bridgehead atoms. The first-order chi connectivity index (χ1) is 8.80. The molecule has 0 saturated carbocycles. The lowest BCUT2D eigenvalue weighted by molar-refractivity contribution is -0.138. The molecule has 6 nitrogen and oxygen atoms in total. The lowest BCUT2D eigenvalue weighted by atomic mass is 9.98. The minimum absolute atomic E-state index is 0.00985. The second-order valence-corrected chi connectivity index (χ2v) is 5.60. The molecule has 1 heterocycles. The van der Waals surface area contributed by atoms with Crippen molar-refractivity contribution in [1.82, 2.24) is 10.2 Å². The largest absolute Gasteiger partial charge is 0.481 e. The van der Waals surface area contributed by atoms with Crippen molar-refractivity contribution in [3.8, 4) is 0 Å². The summed E-state index contributed by atoms with van der Waals surface area (Å²) in [7, 11) is 0. The molecule has 1 fully saturated rings. The van der Waals surface area contributed by atoms with Gasteiger partial charge in [-0.2, -0.15) is 0 Å². The number of carbonyl (C=O) groups excluding carboxylic acids is 2. The van der Waals surface area contributed by atoms with Crippen LogP contribution in [0.3, 0.4) is 0 Å². The van der Waals surface area contributed by atoms with Crippen molar-refractivity contribution >= 4 is 17.8 Å². The highest BCUT2D eigenvalue weighted by Gasteiger charge is 2.25. The number of nitrogens with zero attached hydrogens (tertiary/aromatic N) is 1. The summed E-state index contributed by atoms with van der Waals surface area (Å²) in [5.41, 5.74) is -0.575. The van der Waals surface area contributed by atoms with Gasteiger partial charge in [-0.1, -0.05) is 0 Å². The van der Waals surface area contributed by atoms with Crippen molar-refractivity contribution in [2.75, 3.05) is 13.1 Å². The molecule has 2 amide bonds. The molecule has 0 spiro atoms. The first-order valence-electron chi connectivity index (χ1n) is 6.61. The zero-order valence-electron chi connectivity index (χ0n) is 11.6. The van der Waals surface area contributed by atoms with Gasteiger partial charge in [-0.3, -0.25) is 14.4 Å². The number of nitrogens with one attached hydrogen (secondary N) is 1. The van der Waals surface area contributed by atoms with E-state index in [0.29, 0.717) is 19.4 Å². The minimum Gasteiger partial charge on any atom is -0.481 e. The van der Waals surface area contributed by atoms with Crippen LogP contribution in [0.2, 0.25) is 0 Å². The molecule has 0 unspecified atom stereocenters. The van der Waals surface area contributed by atoms with Gasteiger partial charge < -0.3 is 15.3 Å². The van der Waals surface area contributed by atoms with Gasteiger partial charge in [0.1, 0.15) is 0 Å². The van der Waals surface area contributed by atoms with E-state index in [0.717, 1.165) is 12.8 Å². The van der Waals surface area contributed by atoms with E-state index >= 15 is 0 Å². The van der Waals surface area contributed by atoms with Crippen LogP contribution in [0.5, 0.6) is 0 Å². The van der Waals surface area contributed by atoms with Gasteiger partial charge in [0.2, 0.25) is 11.8 Å². The van der Waals surface area contributed by atoms with Gasteiger partial charge in [-0.05, 0) is 33.1 Å². The maximum atomic E-state index is 11.9. The number of aliphatic carboxylic acids is 1.